The number of benzene rings is 1. The summed E-state index contributed by atoms with van der Waals surface area (Å²) in [5.41, 5.74) is 0.771. The van der Waals surface area contributed by atoms with Gasteiger partial charge in [0.1, 0.15) is 0 Å². The monoisotopic (exact) mass is 337 g/mol. The van der Waals surface area contributed by atoms with Crippen LogP contribution in [0.2, 0.25) is 0 Å². The maximum Gasteiger partial charge on any atom is 0.221 e. The maximum atomic E-state index is 12.1. The van der Waals surface area contributed by atoms with Crippen molar-refractivity contribution < 1.29 is 13.2 Å². The number of hydrogen-bond donors (Lipinski definition) is 1. The number of rotatable bonds is 6. The zero-order chi connectivity index (χ0) is 16.5. The summed E-state index contributed by atoms with van der Waals surface area (Å²) in [4.78, 5) is 12.0. The fourth-order valence-corrected chi connectivity index (χ4v) is 4.39. The van der Waals surface area contributed by atoms with Gasteiger partial charge in [-0.25, -0.2) is 8.42 Å². The second-order valence-corrected chi connectivity index (χ2v) is 8.62. The molecule has 1 aliphatic rings. The fraction of sp³-hybridized carbons (Fsp3) is 0.611. The summed E-state index contributed by atoms with van der Waals surface area (Å²) in [6, 6.07) is 9.33. The topological polar surface area (TPSA) is 63.2 Å². The molecule has 2 rings (SSSR count). The van der Waals surface area contributed by atoms with E-state index >= 15 is 0 Å². The lowest BCUT2D eigenvalue weighted by molar-refractivity contribution is -0.121. The maximum absolute atomic E-state index is 12.1. The molecule has 1 saturated carbocycles. The summed E-state index contributed by atoms with van der Waals surface area (Å²) in [5, 5.41) is 3.02. The number of carbonyl (C=O) groups excluding carboxylic acids is 1. The van der Waals surface area contributed by atoms with Gasteiger partial charge in [-0.3, -0.25) is 4.79 Å². The largest absolute Gasteiger partial charge is 0.353 e. The van der Waals surface area contributed by atoms with Crippen molar-refractivity contribution in [3.63, 3.8) is 0 Å². The van der Waals surface area contributed by atoms with E-state index in [1.807, 2.05) is 18.2 Å². The van der Waals surface area contributed by atoms with Gasteiger partial charge in [0.25, 0.3) is 0 Å². The minimum Gasteiger partial charge on any atom is -0.353 e. The summed E-state index contributed by atoms with van der Waals surface area (Å²) in [7, 11) is -3.24. The molecule has 23 heavy (non-hydrogen) atoms. The molecule has 1 N–H and O–H groups in total. The normalized spacial score (nSPS) is 17.2. The zero-order valence-electron chi connectivity index (χ0n) is 13.7. The van der Waals surface area contributed by atoms with Crippen molar-refractivity contribution in [1.29, 1.82) is 0 Å². The Hall–Kier alpha value is -1.36. The molecule has 0 spiro atoms. The van der Waals surface area contributed by atoms with Gasteiger partial charge in [-0.2, -0.15) is 0 Å². The zero-order valence-corrected chi connectivity index (χ0v) is 14.5. The number of carbonyl (C=O) groups is 1. The van der Waals surface area contributed by atoms with E-state index in [-0.39, 0.29) is 29.9 Å². The van der Waals surface area contributed by atoms with Crippen LogP contribution in [0, 0.1) is 0 Å². The van der Waals surface area contributed by atoms with Crippen LogP contribution in [0.4, 0.5) is 0 Å². The Labute approximate surface area is 139 Å². The number of hydrogen-bond acceptors (Lipinski definition) is 3. The lowest BCUT2D eigenvalue weighted by atomic mass is 9.97. The number of amides is 1. The van der Waals surface area contributed by atoms with Crippen molar-refractivity contribution in [3.8, 4) is 0 Å². The molecule has 1 aromatic carbocycles. The van der Waals surface area contributed by atoms with Gasteiger partial charge in [-0.15, -0.1) is 0 Å². The standard InChI is InChI=1S/C18H27NO3S/c20-18(19-17-11-7-2-1-3-8-12-17)13-14-23(21,22)15-16-9-5-4-6-10-16/h4-6,9-10,17H,1-3,7-8,11-15H2,(H,19,20). The highest BCUT2D eigenvalue weighted by atomic mass is 32.2. The summed E-state index contributed by atoms with van der Waals surface area (Å²) in [5.74, 6) is -0.211. The lowest BCUT2D eigenvalue weighted by Gasteiger charge is -2.21. The van der Waals surface area contributed by atoms with Crippen LogP contribution in [0.3, 0.4) is 0 Å². The van der Waals surface area contributed by atoms with E-state index in [0.717, 1.165) is 31.2 Å². The van der Waals surface area contributed by atoms with Crippen molar-refractivity contribution in [3.05, 3.63) is 35.9 Å². The Kier molecular flexibility index (Phi) is 7.09. The van der Waals surface area contributed by atoms with Gasteiger partial charge in [0, 0.05) is 12.5 Å². The summed E-state index contributed by atoms with van der Waals surface area (Å²) in [6.45, 7) is 0. The Bertz CT molecular complexity index is 576. The molecular formula is C18H27NO3S. The minimum atomic E-state index is -3.24. The Morgan fingerprint density at radius 2 is 1.61 bits per heavy atom. The quantitative estimate of drug-likeness (QED) is 0.867. The summed E-state index contributed by atoms with van der Waals surface area (Å²) in [6.07, 6.45) is 8.15. The predicted molar refractivity (Wildman–Crippen MR) is 92.8 cm³/mol. The van der Waals surface area contributed by atoms with Crippen LogP contribution in [-0.2, 0) is 20.4 Å². The highest BCUT2D eigenvalue weighted by molar-refractivity contribution is 7.90. The van der Waals surface area contributed by atoms with Gasteiger partial charge < -0.3 is 5.32 Å². The molecule has 0 saturated heterocycles. The molecule has 0 unspecified atom stereocenters. The van der Waals surface area contributed by atoms with Crippen molar-refractivity contribution in [1.82, 2.24) is 5.32 Å². The van der Waals surface area contributed by atoms with E-state index in [1.54, 1.807) is 12.1 Å². The first-order chi connectivity index (χ1) is 11.1. The van der Waals surface area contributed by atoms with E-state index in [1.165, 1.54) is 19.3 Å². The number of nitrogens with one attached hydrogen (secondary N) is 1. The van der Waals surface area contributed by atoms with Crippen LogP contribution >= 0.6 is 0 Å². The van der Waals surface area contributed by atoms with Gasteiger partial charge >= 0.3 is 0 Å². The molecule has 1 amide bonds. The number of sulfone groups is 1. The summed E-state index contributed by atoms with van der Waals surface area (Å²) >= 11 is 0. The lowest BCUT2D eigenvalue weighted by Crippen LogP contribution is -2.36. The van der Waals surface area contributed by atoms with Crippen LogP contribution in [0.5, 0.6) is 0 Å². The SMILES string of the molecule is O=C(CCS(=O)(=O)Cc1ccccc1)NC1CCCCCCC1. The first-order valence-electron chi connectivity index (χ1n) is 8.59. The van der Waals surface area contributed by atoms with Crippen LogP contribution in [0.1, 0.15) is 56.9 Å². The third-order valence-corrected chi connectivity index (χ3v) is 5.94. The van der Waals surface area contributed by atoms with E-state index in [0.29, 0.717) is 0 Å². The molecule has 0 aromatic heterocycles. The summed E-state index contributed by atoms with van der Waals surface area (Å²) < 4.78 is 24.2. The molecule has 5 heteroatoms. The van der Waals surface area contributed by atoms with Crippen LogP contribution in [-0.4, -0.2) is 26.1 Å². The van der Waals surface area contributed by atoms with Gasteiger partial charge in [-0.05, 0) is 18.4 Å². The van der Waals surface area contributed by atoms with Gasteiger partial charge in [0.2, 0.25) is 5.91 Å². The second kappa shape index (κ2) is 9.06. The smallest absolute Gasteiger partial charge is 0.221 e. The van der Waals surface area contributed by atoms with Crippen molar-refractivity contribution >= 4 is 15.7 Å². The van der Waals surface area contributed by atoms with Crippen molar-refractivity contribution in [2.45, 2.75) is 63.2 Å². The predicted octanol–water partition coefficient (Wildman–Crippen LogP) is 3.22. The van der Waals surface area contributed by atoms with Gasteiger partial charge in [-0.1, -0.05) is 62.4 Å². The molecule has 0 heterocycles. The highest BCUT2D eigenvalue weighted by Crippen LogP contribution is 2.17. The highest BCUT2D eigenvalue weighted by Gasteiger charge is 2.17. The van der Waals surface area contributed by atoms with Gasteiger partial charge in [0.05, 0.1) is 11.5 Å². The molecule has 128 valence electrons. The second-order valence-electron chi connectivity index (χ2n) is 6.44. The molecule has 0 radical (unpaired) electrons. The Morgan fingerprint density at radius 3 is 2.26 bits per heavy atom. The average Bonchev–Trinajstić information content (AvgIpc) is 2.49. The molecule has 1 aromatic rings. The molecule has 1 fully saturated rings. The Balaban J connectivity index is 1.76. The molecule has 0 atom stereocenters. The average molecular weight is 337 g/mol. The van der Waals surface area contributed by atoms with Crippen LogP contribution < -0.4 is 5.32 Å². The fourth-order valence-electron chi connectivity index (χ4n) is 3.05. The van der Waals surface area contributed by atoms with Crippen LogP contribution in [0.15, 0.2) is 30.3 Å². The van der Waals surface area contributed by atoms with Crippen molar-refractivity contribution in [2.75, 3.05) is 5.75 Å². The van der Waals surface area contributed by atoms with E-state index in [4.69, 9.17) is 0 Å². The minimum absolute atomic E-state index is 0.00451. The van der Waals surface area contributed by atoms with E-state index < -0.39 is 9.84 Å². The molecule has 0 aliphatic heterocycles. The molecule has 1 aliphatic carbocycles. The molecule has 0 bridgehead atoms. The molecule has 4 nitrogen and oxygen atoms in total. The van der Waals surface area contributed by atoms with Crippen LogP contribution in [0.25, 0.3) is 0 Å². The van der Waals surface area contributed by atoms with Crippen molar-refractivity contribution in [2.24, 2.45) is 0 Å². The van der Waals surface area contributed by atoms with E-state index in [9.17, 15) is 13.2 Å². The molecular weight excluding hydrogens is 310 g/mol. The van der Waals surface area contributed by atoms with E-state index in [2.05, 4.69) is 5.32 Å². The first kappa shape index (κ1) is 18.0. The Morgan fingerprint density at radius 1 is 1.00 bits per heavy atom. The third kappa shape index (κ3) is 7.16. The van der Waals surface area contributed by atoms with Gasteiger partial charge in [0.15, 0.2) is 9.84 Å². The third-order valence-electron chi connectivity index (χ3n) is 4.34. The first-order valence-corrected chi connectivity index (χ1v) is 10.4.